The minimum atomic E-state index is -0.0772. The van der Waals surface area contributed by atoms with E-state index in [2.05, 4.69) is 39.8 Å². The van der Waals surface area contributed by atoms with Gasteiger partial charge in [-0.25, -0.2) is 9.79 Å². The van der Waals surface area contributed by atoms with Crippen molar-refractivity contribution in [3.63, 3.8) is 0 Å². The highest BCUT2D eigenvalue weighted by atomic mass is 35.5. The number of fused-ring (bicyclic) bond motifs is 3. The first-order valence-electron chi connectivity index (χ1n) is 10.5. The standard InChI is InChI=1S/C25H29N3O3.ClH/c1-14-10-15(2)23(16(3)11-14)26-22-13-20-18-8-9-21(30-6)24(31-7)19(18)12-17(4)28(20)25(29)27(22)5;/h8-11,13,17H,12H2,1-7H3;1H. The van der Waals surface area contributed by atoms with Crippen LogP contribution in [0.15, 0.2) is 40.1 Å². The van der Waals surface area contributed by atoms with Crippen LogP contribution in [-0.2, 0) is 13.5 Å². The fraction of sp³-hybridized carbons (Fsp3) is 0.360. The van der Waals surface area contributed by atoms with Gasteiger partial charge in [-0.2, -0.15) is 0 Å². The number of benzene rings is 2. The lowest BCUT2D eigenvalue weighted by molar-refractivity contribution is 0.348. The molecule has 7 heteroatoms. The number of ether oxygens (including phenoxy) is 2. The van der Waals surface area contributed by atoms with E-state index in [1.165, 1.54) is 5.56 Å². The molecule has 0 bridgehead atoms. The van der Waals surface area contributed by atoms with Crippen molar-refractivity contribution < 1.29 is 9.47 Å². The van der Waals surface area contributed by atoms with Crippen molar-refractivity contribution in [3.8, 4) is 22.8 Å². The highest BCUT2D eigenvalue weighted by molar-refractivity contribution is 5.85. The van der Waals surface area contributed by atoms with Crippen molar-refractivity contribution in [2.45, 2.75) is 40.2 Å². The summed E-state index contributed by atoms with van der Waals surface area (Å²) in [6, 6.07) is 10.1. The van der Waals surface area contributed by atoms with Crippen LogP contribution in [0, 0.1) is 20.8 Å². The van der Waals surface area contributed by atoms with Crippen LogP contribution in [0.4, 0.5) is 5.69 Å². The monoisotopic (exact) mass is 455 g/mol. The molecule has 32 heavy (non-hydrogen) atoms. The molecule has 0 spiro atoms. The molecule has 1 aromatic heterocycles. The summed E-state index contributed by atoms with van der Waals surface area (Å²) < 4.78 is 14.6. The third kappa shape index (κ3) is 3.73. The van der Waals surface area contributed by atoms with Gasteiger partial charge in [-0.15, -0.1) is 12.4 Å². The molecule has 2 heterocycles. The van der Waals surface area contributed by atoms with Gasteiger partial charge in [0.1, 0.15) is 5.49 Å². The van der Waals surface area contributed by atoms with Crippen LogP contribution in [0.3, 0.4) is 0 Å². The molecule has 3 aromatic rings. The van der Waals surface area contributed by atoms with Crippen molar-refractivity contribution in [3.05, 3.63) is 68.6 Å². The summed E-state index contributed by atoms with van der Waals surface area (Å²) >= 11 is 0. The summed E-state index contributed by atoms with van der Waals surface area (Å²) in [6.45, 7) is 8.24. The molecular formula is C25H30ClN3O3. The quantitative estimate of drug-likeness (QED) is 0.581. The first kappa shape index (κ1) is 23.7. The average molecular weight is 456 g/mol. The SMILES string of the molecule is COc1ccc2c(c1OC)CC(C)n1c-2cc(=Nc2c(C)cc(C)cc2C)n(C)c1=O.Cl. The van der Waals surface area contributed by atoms with Gasteiger partial charge in [0.05, 0.1) is 25.6 Å². The first-order chi connectivity index (χ1) is 14.8. The second-order valence-electron chi connectivity index (χ2n) is 8.34. The van der Waals surface area contributed by atoms with E-state index in [9.17, 15) is 4.79 Å². The average Bonchev–Trinajstić information content (AvgIpc) is 2.72. The Hall–Kier alpha value is -2.99. The zero-order valence-corrected chi connectivity index (χ0v) is 20.5. The van der Waals surface area contributed by atoms with E-state index in [0.717, 1.165) is 39.4 Å². The van der Waals surface area contributed by atoms with Gasteiger partial charge in [0.25, 0.3) is 0 Å². The third-order valence-corrected chi connectivity index (χ3v) is 6.09. The fourth-order valence-electron chi connectivity index (χ4n) is 4.68. The normalized spacial score (nSPS) is 15.0. The first-order valence-corrected chi connectivity index (χ1v) is 10.5. The predicted octanol–water partition coefficient (Wildman–Crippen LogP) is 4.57. The van der Waals surface area contributed by atoms with Gasteiger partial charge in [0.2, 0.25) is 0 Å². The van der Waals surface area contributed by atoms with Crippen LogP contribution in [0.25, 0.3) is 11.3 Å². The zero-order chi connectivity index (χ0) is 22.4. The van der Waals surface area contributed by atoms with Crippen LogP contribution in [0.1, 0.15) is 35.2 Å². The van der Waals surface area contributed by atoms with Gasteiger partial charge in [-0.1, -0.05) is 17.7 Å². The van der Waals surface area contributed by atoms with Crippen LogP contribution in [-0.4, -0.2) is 23.4 Å². The molecule has 1 atom stereocenters. The number of aryl methyl sites for hydroxylation is 3. The lowest BCUT2D eigenvalue weighted by Crippen LogP contribution is -2.41. The van der Waals surface area contributed by atoms with Crippen LogP contribution in [0.2, 0.25) is 0 Å². The molecule has 170 valence electrons. The molecule has 0 radical (unpaired) electrons. The fourth-order valence-corrected chi connectivity index (χ4v) is 4.68. The molecule has 0 saturated heterocycles. The lowest BCUT2D eigenvalue weighted by Gasteiger charge is -2.29. The Kier molecular flexibility index (Phi) is 6.56. The Morgan fingerprint density at radius 3 is 2.28 bits per heavy atom. The van der Waals surface area contributed by atoms with Crippen molar-refractivity contribution >= 4 is 18.1 Å². The number of halogens is 1. The maximum atomic E-state index is 13.4. The van der Waals surface area contributed by atoms with Gasteiger partial charge in [0.15, 0.2) is 11.5 Å². The van der Waals surface area contributed by atoms with Gasteiger partial charge >= 0.3 is 5.69 Å². The zero-order valence-electron chi connectivity index (χ0n) is 19.6. The summed E-state index contributed by atoms with van der Waals surface area (Å²) in [5.41, 5.74) is 7.71. The molecule has 0 fully saturated rings. The van der Waals surface area contributed by atoms with Crippen LogP contribution in [0.5, 0.6) is 11.5 Å². The van der Waals surface area contributed by atoms with Gasteiger partial charge in [-0.3, -0.25) is 9.13 Å². The molecule has 1 aliphatic heterocycles. The number of aromatic nitrogens is 2. The second-order valence-corrected chi connectivity index (χ2v) is 8.34. The molecule has 0 amide bonds. The summed E-state index contributed by atoms with van der Waals surface area (Å²) in [7, 11) is 5.07. The lowest BCUT2D eigenvalue weighted by atomic mass is 9.92. The van der Waals surface area contributed by atoms with Gasteiger partial charge in [-0.05, 0) is 57.4 Å². The smallest absolute Gasteiger partial charge is 0.330 e. The van der Waals surface area contributed by atoms with E-state index in [4.69, 9.17) is 14.5 Å². The van der Waals surface area contributed by atoms with E-state index < -0.39 is 0 Å². The summed E-state index contributed by atoms with van der Waals surface area (Å²) in [5.74, 6) is 1.42. The molecule has 1 unspecified atom stereocenters. The van der Waals surface area contributed by atoms with Crippen LogP contribution >= 0.6 is 12.4 Å². The maximum absolute atomic E-state index is 13.4. The molecule has 4 rings (SSSR count). The Balaban J connectivity index is 0.00000289. The minimum Gasteiger partial charge on any atom is -0.493 e. The van der Waals surface area contributed by atoms with Crippen molar-refractivity contribution in [2.75, 3.05) is 14.2 Å². The summed E-state index contributed by atoms with van der Waals surface area (Å²) in [4.78, 5) is 18.3. The summed E-state index contributed by atoms with van der Waals surface area (Å²) in [6.07, 6.45) is 0.690. The molecule has 0 aliphatic carbocycles. The molecule has 0 N–H and O–H groups in total. The van der Waals surface area contributed by atoms with Crippen LogP contribution < -0.4 is 20.7 Å². The van der Waals surface area contributed by atoms with Crippen molar-refractivity contribution in [1.82, 2.24) is 9.13 Å². The third-order valence-electron chi connectivity index (χ3n) is 6.09. The van der Waals surface area contributed by atoms with E-state index in [-0.39, 0.29) is 24.1 Å². The van der Waals surface area contributed by atoms with Gasteiger partial charge < -0.3 is 9.47 Å². The van der Waals surface area contributed by atoms with Crippen molar-refractivity contribution in [2.24, 2.45) is 12.0 Å². The number of hydrogen-bond acceptors (Lipinski definition) is 4. The Labute approximate surface area is 194 Å². The highest BCUT2D eigenvalue weighted by Crippen LogP contribution is 2.42. The molecule has 0 saturated carbocycles. The Bertz CT molecular complexity index is 1300. The Morgan fingerprint density at radius 1 is 1.03 bits per heavy atom. The van der Waals surface area contributed by atoms with E-state index in [0.29, 0.717) is 17.7 Å². The van der Waals surface area contributed by atoms with Crippen molar-refractivity contribution in [1.29, 1.82) is 0 Å². The molecule has 6 nitrogen and oxygen atoms in total. The Morgan fingerprint density at radius 2 is 1.69 bits per heavy atom. The maximum Gasteiger partial charge on any atom is 0.330 e. The molecule has 1 aliphatic rings. The summed E-state index contributed by atoms with van der Waals surface area (Å²) in [5, 5.41) is 0. The van der Waals surface area contributed by atoms with Gasteiger partial charge in [0, 0.05) is 30.3 Å². The molecule has 2 aromatic carbocycles. The predicted molar refractivity (Wildman–Crippen MR) is 130 cm³/mol. The number of hydrogen-bond donors (Lipinski definition) is 0. The number of methoxy groups -OCH3 is 2. The van der Waals surface area contributed by atoms with E-state index in [1.807, 2.05) is 22.8 Å². The number of rotatable bonds is 3. The largest absolute Gasteiger partial charge is 0.493 e. The molecular weight excluding hydrogens is 426 g/mol. The second kappa shape index (κ2) is 8.87. The van der Waals surface area contributed by atoms with E-state index >= 15 is 0 Å². The topological polar surface area (TPSA) is 57.8 Å². The van der Waals surface area contributed by atoms with E-state index in [1.54, 1.807) is 25.8 Å². The minimum absolute atomic E-state index is 0. The number of nitrogens with zero attached hydrogens (tertiary/aromatic N) is 3. The highest BCUT2D eigenvalue weighted by Gasteiger charge is 2.28.